The number of aryl methyl sites for hydroxylation is 2. The number of anilines is 1. The molecular weight excluding hydrogens is 332 g/mol. The highest BCUT2D eigenvalue weighted by molar-refractivity contribution is 9.10. The molecule has 0 bridgehead atoms. The molecule has 0 saturated heterocycles. The van der Waals surface area contributed by atoms with E-state index in [9.17, 15) is 13.6 Å². The highest BCUT2D eigenvalue weighted by Gasteiger charge is 2.18. The fourth-order valence-electron chi connectivity index (χ4n) is 1.81. The number of hydrogen-bond donors (Lipinski definition) is 1. The predicted molar refractivity (Wildman–Crippen MR) is 74.6 cm³/mol. The quantitative estimate of drug-likeness (QED) is 0.926. The van der Waals surface area contributed by atoms with Gasteiger partial charge in [-0.25, -0.2) is 8.78 Å². The summed E-state index contributed by atoms with van der Waals surface area (Å²) in [7, 11) is 0. The first-order valence-corrected chi connectivity index (χ1v) is 6.72. The Morgan fingerprint density at radius 1 is 1.35 bits per heavy atom. The van der Waals surface area contributed by atoms with Gasteiger partial charge >= 0.3 is 0 Å². The van der Waals surface area contributed by atoms with E-state index in [2.05, 4.69) is 26.3 Å². The molecule has 0 aliphatic carbocycles. The number of carbonyl (C=O) groups is 1. The van der Waals surface area contributed by atoms with Gasteiger partial charge in [0.15, 0.2) is 11.6 Å². The average molecular weight is 344 g/mol. The second kappa shape index (κ2) is 5.70. The third-order valence-electron chi connectivity index (χ3n) is 2.68. The smallest absolute Gasteiger partial charge is 0.274 e. The second-order valence-corrected chi connectivity index (χ2v) is 5.10. The molecule has 2 rings (SSSR count). The Balaban J connectivity index is 2.32. The van der Waals surface area contributed by atoms with Crippen molar-refractivity contribution in [2.75, 3.05) is 5.32 Å². The largest absolute Gasteiger partial charge is 0.316 e. The van der Waals surface area contributed by atoms with Crippen molar-refractivity contribution >= 4 is 27.5 Å². The van der Waals surface area contributed by atoms with E-state index in [0.29, 0.717) is 12.2 Å². The van der Waals surface area contributed by atoms with Crippen molar-refractivity contribution in [3.05, 3.63) is 45.7 Å². The zero-order chi connectivity index (χ0) is 14.9. The van der Waals surface area contributed by atoms with E-state index in [1.54, 1.807) is 13.0 Å². The Labute approximate surface area is 122 Å². The molecular formula is C13H12BrF2N3O. The maximum atomic E-state index is 13.7. The van der Waals surface area contributed by atoms with Gasteiger partial charge < -0.3 is 5.32 Å². The van der Waals surface area contributed by atoms with Gasteiger partial charge in [0.2, 0.25) is 0 Å². The number of aromatic nitrogens is 2. The molecule has 1 heterocycles. The molecule has 0 radical (unpaired) electrons. The van der Waals surface area contributed by atoms with Crippen LogP contribution in [0.3, 0.4) is 0 Å². The average Bonchev–Trinajstić information content (AvgIpc) is 2.75. The Morgan fingerprint density at radius 2 is 1.95 bits per heavy atom. The molecule has 1 aromatic carbocycles. The summed E-state index contributed by atoms with van der Waals surface area (Å²) in [6.45, 7) is 4.05. The summed E-state index contributed by atoms with van der Waals surface area (Å²) in [4.78, 5) is 12.1. The Bertz CT molecular complexity index is 647. The molecule has 20 heavy (non-hydrogen) atoms. The van der Waals surface area contributed by atoms with Gasteiger partial charge in [0, 0.05) is 11.0 Å². The van der Waals surface area contributed by atoms with Crippen molar-refractivity contribution in [1.82, 2.24) is 9.78 Å². The molecule has 0 fully saturated rings. The molecule has 0 spiro atoms. The third-order valence-corrected chi connectivity index (χ3v) is 3.14. The molecule has 1 N–H and O–H groups in total. The van der Waals surface area contributed by atoms with Crippen molar-refractivity contribution in [3.8, 4) is 0 Å². The summed E-state index contributed by atoms with van der Waals surface area (Å²) in [6.07, 6.45) is 0. The van der Waals surface area contributed by atoms with Gasteiger partial charge in [0.25, 0.3) is 5.91 Å². The van der Waals surface area contributed by atoms with Crippen LogP contribution >= 0.6 is 15.9 Å². The van der Waals surface area contributed by atoms with Crippen molar-refractivity contribution in [2.24, 2.45) is 0 Å². The molecule has 1 amide bonds. The second-order valence-electron chi connectivity index (χ2n) is 4.19. The van der Waals surface area contributed by atoms with Crippen LogP contribution in [0.15, 0.2) is 22.7 Å². The summed E-state index contributed by atoms with van der Waals surface area (Å²) in [5.74, 6) is -2.29. The van der Waals surface area contributed by atoms with Crippen LogP contribution in [0.25, 0.3) is 0 Å². The Kier molecular flexibility index (Phi) is 4.17. The predicted octanol–water partition coefficient (Wildman–Crippen LogP) is 3.50. The fraction of sp³-hybridized carbons (Fsp3) is 0.231. The first-order chi connectivity index (χ1) is 9.42. The molecule has 106 valence electrons. The molecule has 0 atom stereocenters. The zero-order valence-corrected chi connectivity index (χ0v) is 12.5. The lowest BCUT2D eigenvalue weighted by Crippen LogP contribution is -2.18. The lowest BCUT2D eigenvalue weighted by Gasteiger charge is -2.09. The minimum Gasteiger partial charge on any atom is -0.316 e. The molecule has 2 aromatic rings. The summed E-state index contributed by atoms with van der Waals surface area (Å²) >= 11 is 2.98. The van der Waals surface area contributed by atoms with Crippen LogP contribution in [-0.4, -0.2) is 15.7 Å². The number of nitrogens with zero attached hydrogens (tertiary/aromatic N) is 2. The number of hydrogen-bond acceptors (Lipinski definition) is 2. The maximum absolute atomic E-state index is 13.7. The summed E-state index contributed by atoms with van der Waals surface area (Å²) in [5.41, 5.74) is 0.445. The SMILES string of the molecule is CCn1nc(C)cc1C(=O)Nc1c(F)cc(Br)cc1F. The van der Waals surface area contributed by atoms with Crippen molar-refractivity contribution < 1.29 is 13.6 Å². The Morgan fingerprint density at radius 3 is 2.50 bits per heavy atom. The fourth-order valence-corrected chi connectivity index (χ4v) is 2.21. The molecule has 0 saturated carbocycles. The lowest BCUT2D eigenvalue weighted by atomic mass is 10.2. The maximum Gasteiger partial charge on any atom is 0.274 e. The normalized spacial score (nSPS) is 10.7. The van der Waals surface area contributed by atoms with Crippen LogP contribution in [0.1, 0.15) is 23.1 Å². The van der Waals surface area contributed by atoms with E-state index in [-0.39, 0.29) is 10.2 Å². The van der Waals surface area contributed by atoms with Crippen molar-refractivity contribution in [2.45, 2.75) is 20.4 Å². The van der Waals surface area contributed by atoms with Gasteiger partial charge in [-0.3, -0.25) is 9.48 Å². The van der Waals surface area contributed by atoms with Crippen LogP contribution < -0.4 is 5.32 Å². The van der Waals surface area contributed by atoms with Crippen LogP contribution in [-0.2, 0) is 6.54 Å². The first-order valence-electron chi connectivity index (χ1n) is 5.92. The van der Waals surface area contributed by atoms with Gasteiger partial charge in [0.1, 0.15) is 11.4 Å². The molecule has 0 aliphatic heterocycles. The number of halogens is 3. The van der Waals surface area contributed by atoms with E-state index in [1.807, 2.05) is 6.92 Å². The minimum absolute atomic E-state index is 0.256. The highest BCUT2D eigenvalue weighted by Crippen LogP contribution is 2.24. The van der Waals surface area contributed by atoms with Gasteiger partial charge in [-0.15, -0.1) is 0 Å². The number of carbonyl (C=O) groups excluding carboxylic acids is 1. The van der Waals surface area contributed by atoms with Crippen molar-refractivity contribution in [1.29, 1.82) is 0 Å². The lowest BCUT2D eigenvalue weighted by molar-refractivity contribution is 0.101. The summed E-state index contributed by atoms with van der Waals surface area (Å²) < 4.78 is 29.1. The van der Waals surface area contributed by atoms with E-state index in [0.717, 1.165) is 12.1 Å². The molecule has 1 aromatic heterocycles. The molecule has 0 unspecified atom stereocenters. The van der Waals surface area contributed by atoms with Gasteiger partial charge in [-0.05, 0) is 32.0 Å². The molecule has 0 aliphatic rings. The molecule has 7 heteroatoms. The van der Waals surface area contributed by atoms with E-state index >= 15 is 0 Å². The van der Waals surface area contributed by atoms with Gasteiger partial charge in [-0.2, -0.15) is 5.10 Å². The first kappa shape index (κ1) is 14.6. The number of benzene rings is 1. The highest BCUT2D eigenvalue weighted by atomic mass is 79.9. The standard InChI is InChI=1S/C13H12BrF2N3O/c1-3-19-11(4-7(2)18-19)13(20)17-12-9(15)5-8(14)6-10(12)16/h4-6H,3H2,1-2H3,(H,17,20). The Hall–Kier alpha value is -1.76. The minimum atomic E-state index is -0.843. The van der Waals surface area contributed by atoms with Crippen LogP contribution in [0.5, 0.6) is 0 Å². The van der Waals surface area contributed by atoms with Crippen LogP contribution in [0.4, 0.5) is 14.5 Å². The van der Waals surface area contributed by atoms with Crippen molar-refractivity contribution in [3.63, 3.8) is 0 Å². The number of rotatable bonds is 3. The zero-order valence-electron chi connectivity index (χ0n) is 10.9. The van der Waals surface area contributed by atoms with Crippen LogP contribution in [0, 0.1) is 18.6 Å². The third kappa shape index (κ3) is 2.87. The number of amides is 1. The van der Waals surface area contributed by atoms with Gasteiger partial charge in [0.05, 0.1) is 5.69 Å². The van der Waals surface area contributed by atoms with Gasteiger partial charge in [-0.1, -0.05) is 15.9 Å². The monoisotopic (exact) mass is 343 g/mol. The topological polar surface area (TPSA) is 46.9 Å². The molecule has 4 nitrogen and oxygen atoms in total. The van der Waals surface area contributed by atoms with Crippen LogP contribution in [0.2, 0.25) is 0 Å². The van der Waals surface area contributed by atoms with E-state index in [1.165, 1.54) is 4.68 Å². The number of nitrogens with one attached hydrogen (secondary N) is 1. The summed E-state index contributed by atoms with van der Waals surface area (Å²) in [6, 6.07) is 3.73. The summed E-state index contributed by atoms with van der Waals surface area (Å²) in [5, 5.41) is 6.35. The van der Waals surface area contributed by atoms with E-state index < -0.39 is 23.2 Å². The van der Waals surface area contributed by atoms with E-state index in [4.69, 9.17) is 0 Å².